The zero-order chi connectivity index (χ0) is 52.5. The van der Waals surface area contributed by atoms with Gasteiger partial charge in [-0.05, 0) is 132 Å². The number of carboxylic acids is 1. The molecule has 0 radical (unpaired) electrons. The second kappa shape index (κ2) is 22.1. The van der Waals surface area contributed by atoms with Crippen molar-refractivity contribution < 1.29 is 58.6 Å². The average molecular weight is 1010 g/mol. The highest BCUT2D eigenvalue weighted by molar-refractivity contribution is 6.02. The Hall–Kier alpha value is -5.64. The summed E-state index contributed by atoms with van der Waals surface area (Å²) in [5.74, 6) is -0.949. The van der Waals surface area contributed by atoms with Crippen LogP contribution in [0.1, 0.15) is 163 Å². The summed E-state index contributed by atoms with van der Waals surface area (Å²) in [6, 6.07) is 1.65. The first-order valence-corrected chi connectivity index (χ1v) is 26.4. The molecule has 2 saturated heterocycles. The minimum Gasteiger partial charge on any atom is -0.508 e. The number of carbonyl (C=O) groups is 4. The Balaban J connectivity index is 0.973. The van der Waals surface area contributed by atoms with Crippen LogP contribution in [0.5, 0.6) is 23.0 Å². The summed E-state index contributed by atoms with van der Waals surface area (Å²) in [5.41, 5.74) is 5.46. The molecular weight excluding hydrogens is 931 g/mol. The number of phenolic OH excluding ortho intramolecular Hbond substituents is 1. The topological polar surface area (TPSA) is 196 Å². The molecule has 2 aromatic carbocycles. The highest BCUT2D eigenvalue weighted by atomic mass is 16.6. The van der Waals surface area contributed by atoms with Crippen molar-refractivity contribution in [2.24, 2.45) is 11.8 Å². The van der Waals surface area contributed by atoms with E-state index in [1.807, 2.05) is 13.8 Å². The molecule has 3 amide bonds. The number of aliphatic carboxylic acids is 1. The summed E-state index contributed by atoms with van der Waals surface area (Å²) in [4.78, 5) is 60.0. The number of benzene rings is 2. The van der Waals surface area contributed by atoms with E-state index in [0.29, 0.717) is 91.3 Å². The molecule has 8 rings (SSSR count). The number of rotatable bonds is 19. The average Bonchev–Trinajstić information content (AvgIpc) is 4.09. The zero-order valence-corrected chi connectivity index (χ0v) is 44.2. The molecule has 2 unspecified atom stereocenters. The standard InChI is InChI=1S/C58H77N3O12/c1-34(2)14-9-16-36(5)18-11-21-57(7)49(63)26-42-47(62)24-40-44(51(42)72-57)30-59(53(40)65)23-13-20-46(55(67)68)61-31-45-41(54(61)66)25-48(71-56(69)60-28-38-32-70-33-39(38)29-60)43-27-50(64)58(8,73-52(43)45)22-12-19-37(6)17-10-15-35(3)4/h14-15,18-19,24-25,38-39,46,49-50,62-64H,9-13,16-17,20-23,26-33H2,1-8H3,(H,67,68)/b36-18+,37-19+/t38?,39?,46-,49-,50-,57+,58+/m0/s1. The number of fused-ring (bicyclic) bond motifs is 7. The zero-order valence-electron chi connectivity index (χ0n) is 44.2. The number of aliphatic hydroxyl groups is 2. The van der Waals surface area contributed by atoms with Gasteiger partial charge in [0.1, 0.15) is 40.2 Å². The third-order valence-electron chi connectivity index (χ3n) is 16.2. The van der Waals surface area contributed by atoms with Gasteiger partial charge in [0.25, 0.3) is 11.8 Å². The van der Waals surface area contributed by atoms with Crippen LogP contribution in [0.3, 0.4) is 0 Å². The highest BCUT2D eigenvalue weighted by Gasteiger charge is 2.48. The van der Waals surface area contributed by atoms with Crippen molar-refractivity contribution in [3.8, 4) is 23.0 Å². The minimum absolute atomic E-state index is 0.0161. The van der Waals surface area contributed by atoms with E-state index in [9.17, 15) is 39.6 Å². The summed E-state index contributed by atoms with van der Waals surface area (Å²) < 4.78 is 25.1. The predicted molar refractivity (Wildman–Crippen MR) is 276 cm³/mol. The minimum atomic E-state index is -1.28. The molecule has 0 aliphatic carbocycles. The van der Waals surface area contributed by atoms with Gasteiger partial charge < -0.3 is 54.1 Å². The summed E-state index contributed by atoms with van der Waals surface area (Å²) in [5, 5.41) is 44.9. The molecule has 6 heterocycles. The van der Waals surface area contributed by atoms with Crippen LogP contribution in [-0.4, -0.2) is 121 Å². The first kappa shape index (κ1) is 53.6. The SMILES string of the molecule is CC(C)=CCC/C(C)=C/CC[C@@]1(C)Oc2c(c(O)cc3c2CN(CCC[C@@H](C(=O)O)N2Cc4c(cc(OC(=O)N5CC6COCC6C5)c5c4O[C@](C)(CC/C=C(\C)CCC=C(C)C)[C@@H](O)C5)C2=O)C3=O)C[C@@H]1O. The molecule has 7 atom stereocenters. The maximum atomic E-state index is 14.5. The lowest BCUT2D eigenvalue weighted by molar-refractivity contribution is -0.142. The Morgan fingerprint density at radius 2 is 1.27 bits per heavy atom. The van der Waals surface area contributed by atoms with Crippen molar-refractivity contribution in [3.63, 3.8) is 0 Å². The second-order valence-corrected chi connectivity index (χ2v) is 22.5. The molecule has 0 aromatic heterocycles. The molecule has 73 heavy (non-hydrogen) atoms. The van der Waals surface area contributed by atoms with Gasteiger partial charge in [-0.3, -0.25) is 9.59 Å². The Kier molecular flexibility index (Phi) is 16.2. The van der Waals surface area contributed by atoms with Gasteiger partial charge in [-0.1, -0.05) is 46.6 Å². The Morgan fingerprint density at radius 1 is 0.740 bits per heavy atom. The first-order chi connectivity index (χ1) is 34.7. The molecule has 6 aliphatic heterocycles. The second-order valence-electron chi connectivity index (χ2n) is 22.5. The quantitative estimate of drug-likeness (QED) is 0.0976. The largest absolute Gasteiger partial charge is 0.508 e. The van der Waals surface area contributed by atoms with Crippen LogP contribution in [0, 0.1) is 11.8 Å². The van der Waals surface area contributed by atoms with Crippen molar-refractivity contribution in [2.75, 3.05) is 32.8 Å². The van der Waals surface area contributed by atoms with Gasteiger partial charge in [0.05, 0.1) is 49.6 Å². The van der Waals surface area contributed by atoms with Crippen LogP contribution >= 0.6 is 0 Å². The van der Waals surface area contributed by atoms with E-state index >= 15 is 0 Å². The number of likely N-dealkylation sites (tertiary alicyclic amines) is 1. The van der Waals surface area contributed by atoms with Gasteiger partial charge in [-0.15, -0.1) is 0 Å². The number of ether oxygens (including phenoxy) is 4. The lowest BCUT2D eigenvalue weighted by Gasteiger charge is -2.41. The third-order valence-corrected chi connectivity index (χ3v) is 16.2. The molecule has 2 fully saturated rings. The smallest absolute Gasteiger partial charge is 0.415 e. The molecular formula is C58H77N3O12. The van der Waals surface area contributed by atoms with Gasteiger partial charge >= 0.3 is 12.1 Å². The van der Waals surface area contributed by atoms with Crippen molar-refractivity contribution >= 4 is 23.9 Å². The summed E-state index contributed by atoms with van der Waals surface area (Å²) in [7, 11) is 0. The molecule has 15 heteroatoms. The fourth-order valence-electron chi connectivity index (χ4n) is 11.5. The van der Waals surface area contributed by atoms with Gasteiger partial charge in [0, 0.05) is 66.6 Å². The van der Waals surface area contributed by atoms with Crippen LogP contribution in [0.25, 0.3) is 0 Å². The Morgan fingerprint density at radius 3 is 1.84 bits per heavy atom. The van der Waals surface area contributed by atoms with Crippen LogP contribution in [0.4, 0.5) is 4.79 Å². The monoisotopic (exact) mass is 1010 g/mol. The number of nitrogens with zero attached hydrogens (tertiary/aromatic N) is 3. The first-order valence-electron chi connectivity index (χ1n) is 26.4. The normalized spacial score (nSPS) is 25.6. The van der Waals surface area contributed by atoms with E-state index in [1.54, 1.807) is 9.80 Å². The Bertz CT molecular complexity index is 2600. The molecule has 6 aliphatic rings. The third kappa shape index (κ3) is 11.5. The number of allylic oxidation sites excluding steroid dienone is 8. The van der Waals surface area contributed by atoms with Crippen LogP contribution in [0.15, 0.2) is 58.7 Å². The molecule has 0 saturated carbocycles. The van der Waals surface area contributed by atoms with Gasteiger partial charge in [0.2, 0.25) is 0 Å². The predicted octanol–water partition coefficient (Wildman–Crippen LogP) is 9.37. The van der Waals surface area contributed by atoms with E-state index in [1.165, 1.54) is 39.3 Å². The number of amides is 3. The number of carbonyl (C=O) groups excluding carboxylic acids is 3. The van der Waals surface area contributed by atoms with Crippen molar-refractivity contribution in [2.45, 2.75) is 175 Å². The maximum Gasteiger partial charge on any atom is 0.415 e. The number of aliphatic hydroxyl groups excluding tert-OH is 2. The fraction of sp³-hybridized carbons (Fsp3) is 0.586. The highest BCUT2D eigenvalue weighted by Crippen LogP contribution is 2.49. The molecule has 4 N–H and O–H groups in total. The van der Waals surface area contributed by atoms with Crippen molar-refractivity contribution in [3.05, 3.63) is 92.1 Å². The van der Waals surface area contributed by atoms with Gasteiger partial charge in [-0.25, -0.2) is 9.59 Å². The number of aromatic hydroxyl groups is 1. The van der Waals surface area contributed by atoms with Crippen LogP contribution < -0.4 is 14.2 Å². The number of hydrogen-bond donors (Lipinski definition) is 4. The fourth-order valence-corrected chi connectivity index (χ4v) is 11.5. The van der Waals surface area contributed by atoms with Crippen LogP contribution in [-0.2, 0) is 35.5 Å². The van der Waals surface area contributed by atoms with E-state index < -0.39 is 47.4 Å². The molecule has 2 aromatic rings. The summed E-state index contributed by atoms with van der Waals surface area (Å²) >= 11 is 0. The molecule has 15 nitrogen and oxygen atoms in total. The number of hydrogen-bond acceptors (Lipinski definition) is 11. The van der Waals surface area contributed by atoms with E-state index in [2.05, 4.69) is 65.8 Å². The van der Waals surface area contributed by atoms with Crippen molar-refractivity contribution in [1.29, 1.82) is 0 Å². The number of carboxylic acid groups (broad SMARTS) is 1. The molecule has 396 valence electrons. The lowest BCUT2D eigenvalue weighted by atomic mass is 9.84. The lowest BCUT2D eigenvalue weighted by Crippen LogP contribution is -2.49. The van der Waals surface area contributed by atoms with Crippen molar-refractivity contribution in [1.82, 2.24) is 14.7 Å². The van der Waals surface area contributed by atoms with Gasteiger partial charge in [0.15, 0.2) is 0 Å². The maximum absolute atomic E-state index is 14.5. The van der Waals surface area contributed by atoms with Crippen LogP contribution in [0.2, 0.25) is 0 Å². The van der Waals surface area contributed by atoms with Gasteiger partial charge in [-0.2, -0.15) is 0 Å². The molecule has 0 bridgehead atoms. The number of phenols is 1. The van der Waals surface area contributed by atoms with E-state index in [-0.39, 0.29) is 80.1 Å². The summed E-state index contributed by atoms with van der Waals surface area (Å²) in [6.45, 7) is 18.6. The summed E-state index contributed by atoms with van der Waals surface area (Å²) in [6.07, 6.45) is 12.9. The Labute approximate surface area is 430 Å². The van der Waals surface area contributed by atoms with E-state index in [0.717, 1.165) is 25.7 Å². The van der Waals surface area contributed by atoms with E-state index in [4.69, 9.17) is 18.9 Å². The molecule has 0 spiro atoms.